The number of benzene rings is 3. The average Bonchev–Trinajstić information content (AvgIpc) is 2.77. The van der Waals surface area contributed by atoms with Crippen LogP contribution in [0, 0.1) is 0 Å². The second-order valence-corrected chi connectivity index (χ2v) is 10.3. The third kappa shape index (κ3) is 6.70. The summed E-state index contributed by atoms with van der Waals surface area (Å²) in [6.45, 7) is 0. The van der Waals surface area contributed by atoms with Gasteiger partial charge in [-0.3, -0.25) is 4.55 Å². The van der Waals surface area contributed by atoms with Gasteiger partial charge in [-0.1, -0.05) is 18.2 Å². The van der Waals surface area contributed by atoms with Gasteiger partial charge in [-0.15, -0.1) is 5.11 Å². The minimum Gasteiger partial charge on any atom is -0.744 e. The van der Waals surface area contributed by atoms with Crippen molar-refractivity contribution in [2.24, 2.45) is 10.2 Å². The van der Waals surface area contributed by atoms with Crippen molar-refractivity contribution >= 4 is 77.2 Å². The smallest absolute Gasteiger partial charge is 0.744 e. The molecular weight excluding hydrogens is 582 g/mol. The van der Waals surface area contributed by atoms with Crippen LogP contribution in [0.2, 0.25) is 10.6 Å². The SMILES string of the molecule is O=S(=O)([O-])c1cc2cc(S(=O)(=O)O)c(Nc3nc(Cl)nc(Cl)n3)cc2c(O)c1N=Nc1ccccc1.[Na+]. The molecule has 0 spiro atoms. The number of rotatable bonds is 6. The number of hydrogen-bond donors (Lipinski definition) is 3. The molecule has 37 heavy (non-hydrogen) atoms. The number of phenols is 1. The Morgan fingerprint density at radius 2 is 1.49 bits per heavy atom. The molecule has 0 atom stereocenters. The van der Waals surface area contributed by atoms with Crippen LogP contribution in [0.5, 0.6) is 5.75 Å². The molecule has 0 bridgehead atoms. The molecule has 0 aliphatic carbocycles. The normalized spacial score (nSPS) is 12.0. The topological polar surface area (TPSA) is 207 Å². The summed E-state index contributed by atoms with van der Waals surface area (Å²) < 4.78 is 69.6. The summed E-state index contributed by atoms with van der Waals surface area (Å²) >= 11 is 11.5. The van der Waals surface area contributed by atoms with Crippen molar-refractivity contribution in [1.82, 2.24) is 15.0 Å². The van der Waals surface area contributed by atoms with Gasteiger partial charge < -0.3 is 15.0 Å². The number of nitrogens with zero attached hydrogens (tertiary/aromatic N) is 5. The molecule has 0 saturated heterocycles. The molecule has 186 valence electrons. The van der Waals surface area contributed by atoms with E-state index in [1.165, 1.54) is 0 Å². The fourth-order valence-electron chi connectivity index (χ4n) is 3.08. The maximum atomic E-state index is 12.0. The summed E-state index contributed by atoms with van der Waals surface area (Å²) in [5, 5.41) is 19.9. The van der Waals surface area contributed by atoms with Crippen molar-refractivity contribution in [1.29, 1.82) is 0 Å². The first-order valence-electron chi connectivity index (χ1n) is 9.41. The molecule has 18 heteroatoms. The van der Waals surface area contributed by atoms with E-state index in [9.17, 15) is 31.0 Å². The van der Waals surface area contributed by atoms with E-state index in [0.29, 0.717) is 5.69 Å². The van der Waals surface area contributed by atoms with Gasteiger partial charge in [0.15, 0.2) is 5.75 Å². The molecule has 1 aromatic heterocycles. The Kier molecular flexibility index (Phi) is 8.73. The first-order valence-corrected chi connectivity index (χ1v) is 13.0. The Bertz CT molecular complexity index is 1740. The molecule has 0 fully saturated rings. The Hall–Kier alpha value is -2.47. The van der Waals surface area contributed by atoms with Gasteiger partial charge in [0.2, 0.25) is 16.5 Å². The minimum atomic E-state index is -5.22. The molecule has 3 aromatic carbocycles. The van der Waals surface area contributed by atoms with Crippen LogP contribution in [0.25, 0.3) is 10.8 Å². The minimum absolute atomic E-state index is 0. The van der Waals surface area contributed by atoms with Crippen molar-refractivity contribution in [2.75, 3.05) is 5.32 Å². The molecule has 0 amide bonds. The van der Waals surface area contributed by atoms with E-state index in [-0.39, 0.29) is 62.5 Å². The third-order valence-electron chi connectivity index (χ3n) is 4.55. The fraction of sp³-hybridized carbons (Fsp3) is 0. The van der Waals surface area contributed by atoms with Gasteiger partial charge in [0, 0.05) is 5.39 Å². The molecule has 4 rings (SSSR count). The molecule has 4 aromatic rings. The maximum absolute atomic E-state index is 12.0. The van der Waals surface area contributed by atoms with Crippen molar-refractivity contribution in [3.05, 3.63) is 59.1 Å². The zero-order chi connectivity index (χ0) is 26.3. The van der Waals surface area contributed by atoms with E-state index in [0.717, 1.165) is 18.2 Å². The van der Waals surface area contributed by atoms with Crippen molar-refractivity contribution in [2.45, 2.75) is 9.79 Å². The summed E-state index contributed by atoms with van der Waals surface area (Å²) in [6, 6.07) is 10.7. The fourth-order valence-corrected chi connectivity index (χ4v) is 4.75. The number of halogens is 2. The van der Waals surface area contributed by atoms with Gasteiger partial charge in [-0.25, -0.2) is 8.42 Å². The largest absolute Gasteiger partial charge is 1.00 e. The van der Waals surface area contributed by atoms with Gasteiger partial charge in [0.05, 0.1) is 16.3 Å². The van der Waals surface area contributed by atoms with Crippen LogP contribution in [0.15, 0.2) is 68.6 Å². The molecule has 3 N–H and O–H groups in total. The molecule has 13 nitrogen and oxygen atoms in total. The Morgan fingerprint density at radius 1 is 0.892 bits per heavy atom. The zero-order valence-electron chi connectivity index (χ0n) is 18.4. The van der Waals surface area contributed by atoms with Crippen LogP contribution in [0.1, 0.15) is 0 Å². The quantitative estimate of drug-likeness (QED) is 0.165. The van der Waals surface area contributed by atoms with Crippen molar-refractivity contribution in [3.63, 3.8) is 0 Å². The number of azo groups is 1. The first kappa shape index (κ1) is 29.1. The first-order chi connectivity index (χ1) is 16.8. The molecule has 0 aliphatic heterocycles. The summed E-state index contributed by atoms with van der Waals surface area (Å²) in [5.41, 5.74) is -0.751. The number of phenolic OH excluding ortho intramolecular Hbond substituents is 1. The summed E-state index contributed by atoms with van der Waals surface area (Å²) in [6.07, 6.45) is 0. The van der Waals surface area contributed by atoms with Crippen LogP contribution < -0.4 is 34.9 Å². The van der Waals surface area contributed by atoms with E-state index in [1.54, 1.807) is 30.3 Å². The van der Waals surface area contributed by atoms with Crippen LogP contribution in [-0.2, 0) is 20.2 Å². The molecular formula is C19H11Cl2N6NaO7S2. The van der Waals surface area contributed by atoms with Gasteiger partial charge in [0.25, 0.3) is 10.1 Å². The number of aromatic hydroxyl groups is 1. The van der Waals surface area contributed by atoms with E-state index in [2.05, 4.69) is 30.5 Å². The number of anilines is 2. The number of fused-ring (bicyclic) bond motifs is 1. The zero-order valence-corrected chi connectivity index (χ0v) is 23.5. The Labute approximate surface area is 241 Å². The number of nitrogens with one attached hydrogen (secondary N) is 1. The standard InChI is InChI=1S/C19H12Cl2N6O7S2.Na/c20-17-23-18(21)25-19(24-17)22-12-8-11-9(6-13(12)35(29,30)31)7-14(36(32,33)34)15(16(11)28)27-26-10-4-2-1-3-5-10;/h1-8,28H,(H,29,30,31)(H,32,33,34)(H,22,23,24,25);/q;+1/p-1. The van der Waals surface area contributed by atoms with Gasteiger partial charge in [-0.2, -0.15) is 28.5 Å². The van der Waals surface area contributed by atoms with Gasteiger partial charge in [0.1, 0.15) is 20.7 Å². The molecule has 0 unspecified atom stereocenters. The Balaban J connectivity index is 0.00000380. The molecule has 0 aliphatic rings. The van der Waals surface area contributed by atoms with Crippen molar-refractivity contribution in [3.8, 4) is 5.75 Å². The monoisotopic (exact) mass is 592 g/mol. The summed E-state index contributed by atoms with van der Waals surface area (Å²) in [4.78, 5) is 9.29. The van der Waals surface area contributed by atoms with E-state index in [4.69, 9.17) is 23.2 Å². The molecule has 1 heterocycles. The molecule has 0 saturated carbocycles. The average molecular weight is 593 g/mol. The Morgan fingerprint density at radius 3 is 2.05 bits per heavy atom. The van der Waals surface area contributed by atoms with Crippen LogP contribution in [0.4, 0.5) is 23.0 Å². The van der Waals surface area contributed by atoms with Crippen LogP contribution in [0.3, 0.4) is 0 Å². The predicted molar refractivity (Wildman–Crippen MR) is 127 cm³/mol. The molecule has 0 radical (unpaired) electrons. The third-order valence-corrected chi connectivity index (χ3v) is 6.63. The second-order valence-electron chi connectivity index (χ2n) is 6.93. The van der Waals surface area contributed by atoms with Crippen LogP contribution >= 0.6 is 23.2 Å². The number of aromatic nitrogens is 3. The van der Waals surface area contributed by atoms with E-state index >= 15 is 0 Å². The van der Waals surface area contributed by atoms with Crippen LogP contribution in [-0.4, -0.2) is 46.0 Å². The van der Waals surface area contributed by atoms with E-state index < -0.39 is 41.5 Å². The van der Waals surface area contributed by atoms with Gasteiger partial charge >= 0.3 is 29.6 Å². The summed E-state index contributed by atoms with van der Waals surface area (Å²) in [5.74, 6) is -1.12. The second kappa shape index (κ2) is 11.1. The maximum Gasteiger partial charge on any atom is 1.00 e. The number of hydrogen-bond acceptors (Lipinski definition) is 12. The summed E-state index contributed by atoms with van der Waals surface area (Å²) in [7, 11) is -10.1. The van der Waals surface area contributed by atoms with Crippen molar-refractivity contribution < 1.29 is 60.6 Å². The van der Waals surface area contributed by atoms with Gasteiger partial charge in [-0.05, 0) is 58.9 Å². The predicted octanol–water partition coefficient (Wildman–Crippen LogP) is 1.35. The van der Waals surface area contributed by atoms with E-state index in [1.807, 2.05) is 0 Å².